The number of methoxy groups -OCH3 is 1. The molecule has 0 bridgehead atoms. The Balaban J connectivity index is 1.64. The molecular formula is C25H19BrN2O4S. The first-order chi connectivity index (χ1) is 16.0. The Morgan fingerprint density at radius 2 is 1.70 bits per heavy atom. The molecule has 1 aliphatic rings. The number of rotatable bonds is 6. The monoisotopic (exact) mass is 522 g/mol. The number of para-hydroxylation sites is 1. The Hall–Kier alpha value is -3.49. The number of amides is 2. The molecule has 0 aromatic heterocycles. The lowest BCUT2D eigenvalue weighted by Gasteiger charge is -2.28. The Morgan fingerprint density at radius 1 is 1.03 bits per heavy atom. The summed E-state index contributed by atoms with van der Waals surface area (Å²) in [5, 5.41) is 2.62. The van der Waals surface area contributed by atoms with Crippen LogP contribution >= 0.6 is 28.1 Å². The van der Waals surface area contributed by atoms with Gasteiger partial charge < -0.3 is 9.47 Å². The molecule has 1 N–H and O–H groups in total. The zero-order valence-corrected chi connectivity index (χ0v) is 20.0. The number of nitrogens with one attached hydrogen (secondary N) is 1. The molecule has 0 aliphatic carbocycles. The van der Waals surface area contributed by atoms with Gasteiger partial charge >= 0.3 is 0 Å². The van der Waals surface area contributed by atoms with E-state index >= 15 is 0 Å². The van der Waals surface area contributed by atoms with Gasteiger partial charge in [-0.2, -0.15) is 0 Å². The van der Waals surface area contributed by atoms with Crippen molar-refractivity contribution in [1.29, 1.82) is 0 Å². The molecule has 3 aromatic carbocycles. The molecular weight excluding hydrogens is 504 g/mol. The van der Waals surface area contributed by atoms with Crippen LogP contribution in [-0.2, 0) is 16.2 Å². The van der Waals surface area contributed by atoms with Crippen LogP contribution in [-0.4, -0.2) is 24.0 Å². The highest BCUT2D eigenvalue weighted by molar-refractivity contribution is 9.10. The van der Waals surface area contributed by atoms with Crippen molar-refractivity contribution in [2.45, 2.75) is 6.61 Å². The lowest BCUT2D eigenvalue weighted by atomic mass is 10.1. The van der Waals surface area contributed by atoms with Gasteiger partial charge in [0.1, 0.15) is 12.2 Å². The number of anilines is 1. The van der Waals surface area contributed by atoms with Crippen molar-refractivity contribution in [3.05, 3.63) is 94.0 Å². The van der Waals surface area contributed by atoms with Gasteiger partial charge in [-0.1, -0.05) is 48.5 Å². The van der Waals surface area contributed by atoms with E-state index in [0.717, 1.165) is 5.56 Å². The largest absolute Gasteiger partial charge is 0.493 e. The van der Waals surface area contributed by atoms with Gasteiger partial charge in [0.15, 0.2) is 16.6 Å². The highest BCUT2D eigenvalue weighted by Crippen LogP contribution is 2.38. The lowest BCUT2D eigenvalue weighted by molar-refractivity contribution is -0.122. The van der Waals surface area contributed by atoms with Crippen LogP contribution in [0.25, 0.3) is 6.08 Å². The van der Waals surface area contributed by atoms with Gasteiger partial charge in [0, 0.05) is 0 Å². The summed E-state index contributed by atoms with van der Waals surface area (Å²) in [6, 6.07) is 22.1. The van der Waals surface area contributed by atoms with Crippen molar-refractivity contribution in [1.82, 2.24) is 5.32 Å². The number of hydrogen-bond acceptors (Lipinski definition) is 5. The van der Waals surface area contributed by atoms with E-state index < -0.39 is 11.8 Å². The fraction of sp³-hybridized carbons (Fsp3) is 0.0800. The van der Waals surface area contributed by atoms with Crippen LogP contribution in [0.15, 0.2) is 82.8 Å². The standard InChI is InChI=1S/C25H19BrN2O4S/c1-31-21-14-17(13-20(26)22(21)32-15-16-8-4-2-5-9-16)12-19-23(29)27-25(33)28(24(19)30)18-10-6-3-7-11-18/h2-14H,15H2,1H3,(H,27,29,33)/b19-12-. The molecule has 166 valence electrons. The minimum atomic E-state index is -0.559. The van der Waals surface area contributed by atoms with Crippen molar-refractivity contribution in [2.75, 3.05) is 12.0 Å². The van der Waals surface area contributed by atoms with Gasteiger partial charge in [-0.05, 0) is 69.6 Å². The third-order valence-corrected chi connectivity index (χ3v) is 5.78. The normalized spacial score (nSPS) is 14.9. The van der Waals surface area contributed by atoms with Gasteiger partial charge in [-0.3, -0.25) is 19.8 Å². The molecule has 1 heterocycles. The number of halogens is 1. The molecule has 1 fully saturated rings. The Morgan fingerprint density at radius 3 is 2.36 bits per heavy atom. The Bertz CT molecular complexity index is 1250. The van der Waals surface area contributed by atoms with E-state index in [0.29, 0.717) is 33.8 Å². The summed E-state index contributed by atoms with van der Waals surface area (Å²) in [7, 11) is 1.53. The molecule has 0 atom stereocenters. The molecule has 0 saturated carbocycles. The van der Waals surface area contributed by atoms with Crippen LogP contribution < -0.4 is 19.7 Å². The fourth-order valence-corrected chi connectivity index (χ4v) is 4.18. The van der Waals surface area contributed by atoms with Gasteiger partial charge in [-0.15, -0.1) is 0 Å². The molecule has 1 aliphatic heterocycles. The summed E-state index contributed by atoms with van der Waals surface area (Å²) in [5.74, 6) is -0.0765. The van der Waals surface area contributed by atoms with Crippen LogP contribution in [0.2, 0.25) is 0 Å². The quantitative estimate of drug-likeness (QED) is 0.284. The average Bonchev–Trinajstić information content (AvgIpc) is 2.82. The van der Waals surface area contributed by atoms with E-state index in [4.69, 9.17) is 21.7 Å². The second-order valence-corrected chi connectivity index (χ2v) is 8.34. The van der Waals surface area contributed by atoms with Crippen molar-refractivity contribution in [3.63, 3.8) is 0 Å². The van der Waals surface area contributed by atoms with Crippen LogP contribution in [0, 0.1) is 0 Å². The summed E-state index contributed by atoms with van der Waals surface area (Å²) in [4.78, 5) is 27.0. The third kappa shape index (κ3) is 4.97. The zero-order valence-electron chi connectivity index (χ0n) is 17.6. The number of carbonyl (C=O) groups excluding carboxylic acids is 2. The summed E-state index contributed by atoms with van der Waals surface area (Å²) in [6.07, 6.45) is 1.50. The molecule has 0 radical (unpaired) electrons. The van der Waals surface area contributed by atoms with E-state index in [-0.39, 0.29) is 10.7 Å². The van der Waals surface area contributed by atoms with Gasteiger partial charge in [0.2, 0.25) is 0 Å². The smallest absolute Gasteiger partial charge is 0.270 e. The maximum atomic E-state index is 13.2. The minimum Gasteiger partial charge on any atom is -0.493 e. The van der Waals surface area contributed by atoms with Gasteiger partial charge in [-0.25, -0.2) is 0 Å². The molecule has 4 rings (SSSR count). The first kappa shape index (κ1) is 22.7. The van der Waals surface area contributed by atoms with Crippen molar-refractivity contribution in [2.24, 2.45) is 0 Å². The molecule has 8 heteroatoms. The predicted octanol–water partition coefficient (Wildman–Crippen LogP) is 4.87. The minimum absolute atomic E-state index is 0.0387. The number of hydrogen-bond donors (Lipinski definition) is 1. The summed E-state index contributed by atoms with van der Waals surface area (Å²) in [5.41, 5.74) is 2.13. The van der Waals surface area contributed by atoms with E-state index in [2.05, 4.69) is 21.2 Å². The lowest BCUT2D eigenvalue weighted by Crippen LogP contribution is -2.54. The topological polar surface area (TPSA) is 67.9 Å². The van der Waals surface area contributed by atoms with Crippen molar-refractivity contribution in [3.8, 4) is 11.5 Å². The second kappa shape index (κ2) is 9.97. The van der Waals surface area contributed by atoms with Crippen molar-refractivity contribution < 1.29 is 19.1 Å². The molecule has 0 unspecified atom stereocenters. The Kier molecular flexibility index (Phi) is 6.86. The van der Waals surface area contributed by atoms with E-state index in [1.165, 1.54) is 18.1 Å². The first-order valence-corrected chi connectivity index (χ1v) is 11.2. The Labute approximate surface area is 204 Å². The van der Waals surface area contributed by atoms with E-state index in [1.54, 1.807) is 36.4 Å². The molecule has 6 nitrogen and oxygen atoms in total. The number of carbonyl (C=O) groups is 2. The van der Waals surface area contributed by atoms with Crippen LogP contribution in [0.4, 0.5) is 5.69 Å². The summed E-state index contributed by atoms with van der Waals surface area (Å²) in [6.45, 7) is 0.362. The summed E-state index contributed by atoms with van der Waals surface area (Å²) < 4.78 is 12.1. The summed E-state index contributed by atoms with van der Waals surface area (Å²) >= 11 is 8.74. The predicted molar refractivity (Wildman–Crippen MR) is 134 cm³/mol. The molecule has 3 aromatic rings. The molecule has 0 spiro atoms. The number of benzene rings is 3. The maximum Gasteiger partial charge on any atom is 0.270 e. The van der Waals surface area contributed by atoms with Crippen LogP contribution in [0.3, 0.4) is 0 Å². The number of ether oxygens (including phenoxy) is 2. The molecule has 33 heavy (non-hydrogen) atoms. The SMILES string of the molecule is COc1cc(/C=C2/C(=O)NC(=S)N(c3ccccc3)C2=O)cc(Br)c1OCc1ccccc1. The van der Waals surface area contributed by atoms with Crippen molar-refractivity contribution >= 4 is 56.8 Å². The third-order valence-electron chi connectivity index (χ3n) is 4.90. The molecule has 1 saturated heterocycles. The van der Waals surface area contributed by atoms with Gasteiger partial charge in [0.25, 0.3) is 11.8 Å². The number of nitrogens with zero attached hydrogens (tertiary/aromatic N) is 1. The zero-order chi connectivity index (χ0) is 23.4. The average molecular weight is 523 g/mol. The van der Waals surface area contributed by atoms with E-state index in [9.17, 15) is 9.59 Å². The first-order valence-electron chi connectivity index (χ1n) is 9.98. The fourth-order valence-electron chi connectivity index (χ4n) is 3.33. The number of thiocarbonyl (C=S) groups is 1. The van der Waals surface area contributed by atoms with Crippen LogP contribution in [0.1, 0.15) is 11.1 Å². The van der Waals surface area contributed by atoms with Crippen LogP contribution in [0.5, 0.6) is 11.5 Å². The second-order valence-electron chi connectivity index (χ2n) is 7.10. The highest BCUT2D eigenvalue weighted by Gasteiger charge is 2.34. The highest BCUT2D eigenvalue weighted by atomic mass is 79.9. The maximum absolute atomic E-state index is 13.2. The molecule has 2 amide bonds. The van der Waals surface area contributed by atoms with E-state index in [1.807, 2.05) is 36.4 Å². The van der Waals surface area contributed by atoms with Gasteiger partial charge in [0.05, 0.1) is 17.3 Å².